The Morgan fingerprint density at radius 1 is 1.00 bits per heavy atom. The first kappa shape index (κ1) is 17.1. The van der Waals surface area contributed by atoms with Gasteiger partial charge in [0.25, 0.3) is 5.91 Å². The summed E-state index contributed by atoms with van der Waals surface area (Å²) in [4.78, 5) is 12.5. The van der Waals surface area contributed by atoms with Crippen LogP contribution in [0.4, 0.5) is 0 Å². The van der Waals surface area contributed by atoms with Gasteiger partial charge in [0.15, 0.2) is 11.5 Å². The summed E-state index contributed by atoms with van der Waals surface area (Å²) in [6.45, 7) is 6.19. The number of rotatable bonds is 4. The lowest BCUT2D eigenvalue weighted by Crippen LogP contribution is -2.22. The number of nitrogens with one attached hydrogen (secondary N) is 1. The van der Waals surface area contributed by atoms with Crippen LogP contribution in [0.5, 0.6) is 0 Å². The Balaban J connectivity index is 1.48. The highest BCUT2D eigenvalue weighted by molar-refractivity contribution is 5.99. The van der Waals surface area contributed by atoms with Crippen LogP contribution in [-0.4, -0.2) is 11.1 Å². The highest BCUT2D eigenvalue weighted by Crippen LogP contribution is 2.26. The molecule has 2 aromatic heterocycles. The summed E-state index contributed by atoms with van der Waals surface area (Å²) >= 11 is 0. The third-order valence-electron chi connectivity index (χ3n) is 4.63. The molecule has 136 valence electrons. The van der Waals surface area contributed by atoms with Gasteiger partial charge in [0.2, 0.25) is 0 Å². The van der Waals surface area contributed by atoms with Crippen molar-refractivity contribution in [3.05, 3.63) is 76.7 Å². The third kappa shape index (κ3) is 3.36. The van der Waals surface area contributed by atoms with Crippen LogP contribution >= 0.6 is 0 Å². The zero-order chi connectivity index (χ0) is 19.0. The summed E-state index contributed by atoms with van der Waals surface area (Å²) in [5.74, 6) is 0.645. The molecular weight excluding hydrogens is 340 g/mol. The Morgan fingerprint density at radius 3 is 2.52 bits per heavy atom. The first-order valence-corrected chi connectivity index (χ1v) is 8.82. The molecule has 1 amide bonds. The van der Waals surface area contributed by atoms with Crippen LogP contribution < -0.4 is 5.32 Å². The average molecular weight is 360 g/mol. The van der Waals surface area contributed by atoms with Crippen molar-refractivity contribution in [3.63, 3.8) is 0 Å². The average Bonchev–Trinajstić information content (AvgIpc) is 3.26. The summed E-state index contributed by atoms with van der Waals surface area (Å²) in [7, 11) is 0. The fraction of sp³-hybridized carbons (Fsp3) is 0.182. The van der Waals surface area contributed by atoms with Crippen LogP contribution in [0.1, 0.15) is 33.0 Å². The van der Waals surface area contributed by atoms with Gasteiger partial charge in [-0.15, -0.1) is 0 Å². The number of amides is 1. The lowest BCUT2D eigenvalue weighted by molar-refractivity contribution is 0.0920. The lowest BCUT2D eigenvalue weighted by Gasteiger charge is -2.00. The van der Waals surface area contributed by atoms with E-state index in [1.807, 2.05) is 69.3 Å². The van der Waals surface area contributed by atoms with E-state index in [9.17, 15) is 4.79 Å². The number of furan rings is 1. The zero-order valence-corrected chi connectivity index (χ0v) is 15.5. The molecule has 5 nitrogen and oxygen atoms in total. The molecule has 0 bridgehead atoms. The maximum atomic E-state index is 12.5. The summed E-state index contributed by atoms with van der Waals surface area (Å²) in [6, 6.07) is 15.8. The first-order chi connectivity index (χ1) is 13.0. The van der Waals surface area contributed by atoms with E-state index in [1.165, 1.54) is 5.56 Å². The first-order valence-electron chi connectivity index (χ1n) is 8.82. The van der Waals surface area contributed by atoms with E-state index in [0.717, 1.165) is 27.8 Å². The van der Waals surface area contributed by atoms with Gasteiger partial charge >= 0.3 is 0 Å². The van der Waals surface area contributed by atoms with E-state index in [0.29, 0.717) is 17.1 Å². The number of aryl methyl sites for hydroxylation is 3. The highest BCUT2D eigenvalue weighted by Gasteiger charge is 2.18. The standard InChI is InChI=1S/C22H20N2O3/c1-13-4-7-16(8-5-13)19-11-17(27-24-19)12-23-22(25)21-15(3)18-10-14(2)6-9-20(18)26-21/h4-11H,12H2,1-3H3,(H,23,25). The van der Waals surface area contributed by atoms with Gasteiger partial charge in [0.1, 0.15) is 11.3 Å². The number of benzene rings is 2. The molecule has 0 aliphatic rings. The molecule has 5 heteroatoms. The summed E-state index contributed by atoms with van der Waals surface area (Å²) < 4.78 is 11.1. The molecule has 0 unspecified atom stereocenters. The summed E-state index contributed by atoms with van der Waals surface area (Å²) in [5, 5.41) is 7.88. The van der Waals surface area contributed by atoms with Gasteiger partial charge in [0, 0.05) is 22.6 Å². The van der Waals surface area contributed by atoms with Gasteiger partial charge in [-0.3, -0.25) is 4.79 Å². The van der Waals surface area contributed by atoms with Crippen molar-refractivity contribution in [1.82, 2.24) is 10.5 Å². The fourth-order valence-electron chi connectivity index (χ4n) is 3.06. The molecule has 4 aromatic rings. The van der Waals surface area contributed by atoms with Crippen molar-refractivity contribution < 1.29 is 13.7 Å². The van der Waals surface area contributed by atoms with Gasteiger partial charge in [-0.2, -0.15) is 0 Å². The second-order valence-electron chi connectivity index (χ2n) is 6.78. The fourth-order valence-corrected chi connectivity index (χ4v) is 3.06. The number of hydrogen-bond donors (Lipinski definition) is 1. The number of hydrogen-bond acceptors (Lipinski definition) is 4. The van der Waals surface area contributed by atoms with Crippen molar-refractivity contribution in [1.29, 1.82) is 0 Å². The minimum Gasteiger partial charge on any atom is -0.451 e. The number of carbonyl (C=O) groups is 1. The van der Waals surface area contributed by atoms with Crippen molar-refractivity contribution in [2.75, 3.05) is 0 Å². The van der Waals surface area contributed by atoms with Gasteiger partial charge in [-0.1, -0.05) is 46.6 Å². The van der Waals surface area contributed by atoms with Gasteiger partial charge in [-0.05, 0) is 32.9 Å². The lowest BCUT2D eigenvalue weighted by atomic mass is 10.1. The summed E-state index contributed by atoms with van der Waals surface area (Å²) in [6.07, 6.45) is 0. The SMILES string of the molecule is Cc1ccc(-c2cc(CNC(=O)c3oc4ccc(C)cc4c3C)on2)cc1. The van der Waals surface area contributed by atoms with Gasteiger partial charge in [0.05, 0.1) is 6.54 Å². The Morgan fingerprint density at radius 2 is 1.74 bits per heavy atom. The molecular formula is C22H20N2O3. The summed E-state index contributed by atoms with van der Waals surface area (Å²) in [5.41, 5.74) is 5.59. The Kier molecular flexibility index (Phi) is 4.28. The minimum absolute atomic E-state index is 0.243. The van der Waals surface area contributed by atoms with E-state index in [4.69, 9.17) is 8.94 Å². The van der Waals surface area contributed by atoms with Crippen LogP contribution in [-0.2, 0) is 6.54 Å². The Bertz CT molecular complexity index is 1120. The van der Waals surface area contributed by atoms with Crippen LogP contribution in [0, 0.1) is 20.8 Å². The van der Waals surface area contributed by atoms with Crippen molar-refractivity contribution >= 4 is 16.9 Å². The molecule has 0 fully saturated rings. The van der Waals surface area contributed by atoms with Gasteiger partial charge < -0.3 is 14.3 Å². The molecule has 0 aliphatic carbocycles. The molecule has 0 atom stereocenters. The van der Waals surface area contributed by atoms with Crippen LogP contribution in [0.3, 0.4) is 0 Å². The van der Waals surface area contributed by atoms with E-state index in [2.05, 4.69) is 10.5 Å². The van der Waals surface area contributed by atoms with Crippen molar-refractivity contribution in [2.24, 2.45) is 0 Å². The molecule has 4 rings (SSSR count). The predicted molar refractivity (Wildman–Crippen MR) is 104 cm³/mol. The maximum Gasteiger partial charge on any atom is 0.287 e. The third-order valence-corrected chi connectivity index (χ3v) is 4.63. The topological polar surface area (TPSA) is 68.3 Å². The quantitative estimate of drug-likeness (QED) is 0.559. The van der Waals surface area contributed by atoms with E-state index in [1.54, 1.807) is 0 Å². The predicted octanol–water partition coefficient (Wildman–Crippen LogP) is 4.94. The highest BCUT2D eigenvalue weighted by atomic mass is 16.5. The molecule has 2 aromatic carbocycles. The molecule has 0 aliphatic heterocycles. The molecule has 0 saturated carbocycles. The van der Waals surface area contributed by atoms with Crippen molar-refractivity contribution in [3.8, 4) is 11.3 Å². The molecule has 1 N–H and O–H groups in total. The largest absolute Gasteiger partial charge is 0.451 e. The number of carbonyl (C=O) groups excluding carboxylic acids is 1. The van der Waals surface area contributed by atoms with Gasteiger partial charge in [-0.25, -0.2) is 0 Å². The van der Waals surface area contributed by atoms with Crippen LogP contribution in [0.25, 0.3) is 22.2 Å². The maximum absolute atomic E-state index is 12.5. The second-order valence-corrected chi connectivity index (χ2v) is 6.78. The number of nitrogens with zero attached hydrogens (tertiary/aromatic N) is 1. The smallest absolute Gasteiger partial charge is 0.287 e. The molecule has 0 spiro atoms. The second kappa shape index (κ2) is 6.76. The zero-order valence-electron chi connectivity index (χ0n) is 15.5. The molecule has 0 saturated heterocycles. The van der Waals surface area contributed by atoms with E-state index < -0.39 is 0 Å². The van der Waals surface area contributed by atoms with E-state index in [-0.39, 0.29) is 12.5 Å². The minimum atomic E-state index is -0.269. The Hall–Kier alpha value is -3.34. The normalized spacial score (nSPS) is 11.1. The number of fused-ring (bicyclic) bond motifs is 1. The molecule has 2 heterocycles. The van der Waals surface area contributed by atoms with Crippen LogP contribution in [0.2, 0.25) is 0 Å². The van der Waals surface area contributed by atoms with Crippen molar-refractivity contribution in [2.45, 2.75) is 27.3 Å². The van der Waals surface area contributed by atoms with Crippen LogP contribution in [0.15, 0.2) is 57.5 Å². The Labute approximate surface area is 157 Å². The number of aromatic nitrogens is 1. The molecule has 0 radical (unpaired) electrons. The molecule has 27 heavy (non-hydrogen) atoms. The van der Waals surface area contributed by atoms with E-state index >= 15 is 0 Å². The monoisotopic (exact) mass is 360 g/mol.